The number of hydrogen-bond acceptors (Lipinski definition) is 4. The Morgan fingerprint density at radius 3 is 2.33 bits per heavy atom. The maximum Gasteiger partial charge on any atom is 0.409 e. The fourth-order valence-corrected chi connectivity index (χ4v) is 0.824. The number of carboxylic acid groups (broad SMARTS) is 1. The summed E-state index contributed by atoms with van der Waals surface area (Å²) in [7, 11) is 0.972. The SMILES string of the molecule is CCC(NC(=O)OC)(OC(F)F)C(=O)O. The lowest BCUT2D eigenvalue weighted by Gasteiger charge is -2.27. The summed E-state index contributed by atoms with van der Waals surface area (Å²) in [5.74, 6) is -1.73. The lowest BCUT2D eigenvalue weighted by Crippen LogP contribution is -2.57. The molecule has 1 atom stereocenters. The first-order valence-electron chi connectivity index (χ1n) is 3.93. The summed E-state index contributed by atoms with van der Waals surface area (Å²) in [5, 5.41) is 10.4. The summed E-state index contributed by atoms with van der Waals surface area (Å²) in [6.45, 7) is -2.05. The van der Waals surface area contributed by atoms with Crippen LogP contribution in [0.4, 0.5) is 13.6 Å². The molecule has 1 unspecified atom stereocenters. The van der Waals surface area contributed by atoms with Crippen molar-refractivity contribution in [2.45, 2.75) is 25.7 Å². The molecule has 0 aliphatic carbocycles. The molecule has 2 N–H and O–H groups in total. The first kappa shape index (κ1) is 13.6. The van der Waals surface area contributed by atoms with Crippen LogP contribution in [0, 0.1) is 0 Å². The summed E-state index contributed by atoms with van der Waals surface area (Å²) < 4.78 is 31.9. The minimum Gasteiger partial charge on any atom is -0.478 e. The molecule has 0 aliphatic rings. The van der Waals surface area contributed by atoms with Gasteiger partial charge in [-0.3, -0.25) is 10.1 Å². The van der Waals surface area contributed by atoms with Crippen LogP contribution in [0.15, 0.2) is 0 Å². The van der Waals surface area contributed by atoms with Crippen LogP contribution >= 0.6 is 0 Å². The van der Waals surface area contributed by atoms with Crippen molar-refractivity contribution in [1.29, 1.82) is 0 Å². The maximum atomic E-state index is 12.0. The van der Waals surface area contributed by atoms with Crippen molar-refractivity contribution in [3.63, 3.8) is 0 Å². The number of amides is 1. The third kappa shape index (κ3) is 3.66. The summed E-state index contributed by atoms with van der Waals surface area (Å²) in [6, 6.07) is 0. The minimum atomic E-state index is -3.32. The van der Waals surface area contributed by atoms with Gasteiger partial charge in [-0.15, -0.1) is 0 Å². The third-order valence-corrected chi connectivity index (χ3v) is 1.62. The number of rotatable bonds is 5. The van der Waals surface area contributed by atoms with Gasteiger partial charge in [-0.25, -0.2) is 9.59 Å². The normalized spacial score (nSPS) is 14.5. The molecule has 0 aromatic rings. The van der Waals surface area contributed by atoms with E-state index in [0.717, 1.165) is 7.11 Å². The number of halogens is 2. The van der Waals surface area contributed by atoms with Crippen LogP contribution in [-0.4, -0.2) is 36.6 Å². The van der Waals surface area contributed by atoms with E-state index in [-0.39, 0.29) is 6.42 Å². The van der Waals surface area contributed by atoms with Crippen LogP contribution in [0.3, 0.4) is 0 Å². The van der Waals surface area contributed by atoms with Gasteiger partial charge in [0, 0.05) is 6.42 Å². The molecule has 0 saturated heterocycles. The highest BCUT2D eigenvalue weighted by Gasteiger charge is 2.42. The summed E-state index contributed by atoms with van der Waals surface area (Å²) >= 11 is 0. The van der Waals surface area contributed by atoms with Crippen molar-refractivity contribution in [2.24, 2.45) is 0 Å². The van der Waals surface area contributed by atoms with Crippen molar-refractivity contribution < 1.29 is 33.0 Å². The van der Waals surface area contributed by atoms with Gasteiger partial charge >= 0.3 is 18.7 Å². The second-order valence-electron chi connectivity index (χ2n) is 2.48. The van der Waals surface area contributed by atoms with E-state index in [4.69, 9.17) is 5.11 Å². The molecule has 0 rings (SSSR count). The number of carbonyl (C=O) groups excluding carboxylic acids is 1. The molecule has 0 heterocycles. The van der Waals surface area contributed by atoms with Crippen molar-refractivity contribution in [3.8, 4) is 0 Å². The van der Waals surface area contributed by atoms with Crippen molar-refractivity contribution in [2.75, 3.05) is 7.11 Å². The molecule has 6 nitrogen and oxygen atoms in total. The number of alkyl carbamates (subject to hydrolysis) is 1. The van der Waals surface area contributed by atoms with E-state index in [9.17, 15) is 18.4 Å². The fourth-order valence-electron chi connectivity index (χ4n) is 0.824. The molecule has 0 saturated carbocycles. The number of carboxylic acids is 1. The Kier molecular flexibility index (Phi) is 4.92. The molecule has 0 aliphatic heterocycles. The average Bonchev–Trinajstić information content (AvgIpc) is 2.15. The Labute approximate surface area is 84.2 Å². The van der Waals surface area contributed by atoms with Gasteiger partial charge in [0.2, 0.25) is 5.72 Å². The van der Waals surface area contributed by atoms with Crippen molar-refractivity contribution in [3.05, 3.63) is 0 Å². The highest BCUT2D eigenvalue weighted by atomic mass is 19.3. The zero-order valence-electron chi connectivity index (χ0n) is 8.12. The van der Waals surface area contributed by atoms with Gasteiger partial charge in [0.05, 0.1) is 7.11 Å². The van der Waals surface area contributed by atoms with E-state index in [2.05, 4.69) is 9.47 Å². The van der Waals surface area contributed by atoms with Gasteiger partial charge in [0.1, 0.15) is 0 Å². The molecule has 0 radical (unpaired) electrons. The molecule has 8 heteroatoms. The van der Waals surface area contributed by atoms with Crippen LogP contribution in [0.25, 0.3) is 0 Å². The van der Waals surface area contributed by atoms with E-state index in [1.807, 2.05) is 0 Å². The average molecular weight is 227 g/mol. The van der Waals surface area contributed by atoms with Crippen LogP contribution < -0.4 is 5.32 Å². The standard InChI is InChI=1S/C7H11F2NO5/c1-3-7(4(11)12,15-5(8)9)10-6(13)14-2/h5H,3H2,1-2H3,(H,10,13)(H,11,12). The van der Waals surface area contributed by atoms with Gasteiger partial charge in [-0.1, -0.05) is 6.92 Å². The molecule has 88 valence electrons. The van der Waals surface area contributed by atoms with E-state index in [1.165, 1.54) is 6.92 Å². The van der Waals surface area contributed by atoms with Crippen LogP contribution in [0.2, 0.25) is 0 Å². The number of hydrogen-bond donors (Lipinski definition) is 2. The Balaban J connectivity index is 4.81. The monoisotopic (exact) mass is 227 g/mol. The molecular formula is C7H11F2NO5. The largest absolute Gasteiger partial charge is 0.478 e. The van der Waals surface area contributed by atoms with E-state index >= 15 is 0 Å². The zero-order chi connectivity index (χ0) is 12.1. The Hall–Kier alpha value is -1.44. The lowest BCUT2D eigenvalue weighted by molar-refractivity contribution is -0.228. The summed E-state index contributed by atoms with van der Waals surface area (Å²) in [5.41, 5.74) is -2.47. The molecule has 0 aromatic carbocycles. The van der Waals surface area contributed by atoms with Gasteiger partial charge in [-0.05, 0) is 0 Å². The smallest absolute Gasteiger partial charge is 0.409 e. The molecule has 0 bridgehead atoms. The molecule has 0 fully saturated rings. The predicted molar refractivity (Wildman–Crippen MR) is 43.3 cm³/mol. The second-order valence-corrected chi connectivity index (χ2v) is 2.48. The van der Waals surface area contributed by atoms with Crippen LogP contribution in [0.5, 0.6) is 0 Å². The highest BCUT2D eigenvalue weighted by Crippen LogP contribution is 2.17. The maximum absolute atomic E-state index is 12.0. The first-order valence-corrected chi connectivity index (χ1v) is 3.93. The number of alkyl halides is 2. The van der Waals surface area contributed by atoms with Crippen molar-refractivity contribution in [1.82, 2.24) is 5.32 Å². The predicted octanol–water partition coefficient (Wildman–Crippen LogP) is 0.772. The number of methoxy groups -OCH3 is 1. The Bertz CT molecular complexity index is 248. The Morgan fingerprint density at radius 2 is 2.07 bits per heavy atom. The minimum absolute atomic E-state index is 0.373. The van der Waals surface area contributed by atoms with Gasteiger partial charge in [0.15, 0.2) is 0 Å². The quantitative estimate of drug-likeness (QED) is 0.677. The zero-order valence-corrected chi connectivity index (χ0v) is 8.12. The summed E-state index contributed by atoms with van der Waals surface area (Å²) in [4.78, 5) is 21.5. The van der Waals surface area contributed by atoms with Gasteiger partial charge in [0.25, 0.3) is 0 Å². The number of nitrogens with one attached hydrogen (secondary N) is 1. The molecule has 0 spiro atoms. The summed E-state index contributed by atoms with van der Waals surface area (Å²) in [6.07, 6.45) is -1.54. The molecule has 15 heavy (non-hydrogen) atoms. The highest BCUT2D eigenvalue weighted by molar-refractivity contribution is 5.82. The molecular weight excluding hydrogens is 216 g/mol. The number of carbonyl (C=O) groups is 2. The van der Waals surface area contributed by atoms with Crippen LogP contribution in [-0.2, 0) is 14.3 Å². The molecule has 0 aromatic heterocycles. The topological polar surface area (TPSA) is 84.9 Å². The van der Waals surface area contributed by atoms with Crippen LogP contribution in [0.1, 0.15) is 13.3 Å². The molecule has 1 amide bonds. The van der Waals surface area contributed by atoms with E-state index < -0.39 is 24.4 Å². The fraction of sp³-hybridized carbons (Fsp3) is 0.714. The van der Waals surface area contributed by atoms with Crippen molar-refractivity contribution >= 4 is 12.1 Å². The van der Waals surface area contributed by atoms with Gasteiger partial charge in [-0.2, -0.15) is 8.78 Å². The number of aliphatic carboxylic acids is 1. The van der Waals surface area contributed by atoms with E-state index in [1.54, 1.807) is 5.32 Å². The Morgan fingerprint density at radius 1 is 1.53 bits per heavy atom. The third-order valence-electron chi connectivity index (χ3n) is 1.62. The lowest BCUT2D eigenvalue weighted by atomic mass is 10.1. The van der Waals surface area contributed by atoms with Gasteiger partial charge < -0.3 is 9.84 Å². The second kappa shape index (κ2) is 5.44. The van der Waals surface area contributed by atoms with E-state index in [0.29, 0.717) is 0 Å². The number of ether oxygens (including phenoxy) is 2. The first-order chi connectivity index (χ1) is 6.88.